The van der Waals surface area contributed by atoms with Gasteiger partial charge in [-0.3, -0.25) is 4.99 Å². The van der Waals surface area contributed by atoms with Gasteiger partial charge >= 0.3 is 0 Å². The number of benzene rings is 1. The third-order valence-corrected chi connectivity index (χ3v) is 5.08. The molecule has 124 valence electrons. The summed E-state index contributed by atoms with van der Waals surface area (Å²) in [4.78, 5) is 4.97. The van der Waals surface area contributed by atoms with Crippen LogP contribution in [0, 0.1) is 12.3 Å². The molecule has 0 aromatic heterocycles. The molecule has 1 heteroatoms. The van der Waals surface area contributed by atoms with Crippen LogP contribution in [-0.2, 0) is 6.42 Å². The van der Waals surface area contributed by atoms with Crippen LogP contribution in [0.25, 0.3) is 0 Å². The summed E-state index contributed by atoms with van der Waals surface area (Å²) in [7, 11) is 0. The van der Waals surface area contributed by atoms with Gasteiger partial charge in [0.1, 0.15) is 0 Å². The van der Waals surface area contributed by atoms with Gasteiger partial charge < -0.3 is 0 Å². The molecule has 1 aliphatic carbocycles. The molecular weight excluding hydrogens is 290 g/mol. The Hall–Kier alpha value is -2.15. The minimum atomic E-state index is 0.0394. The highest BCUT2D eigenvalue weighted by Gasteiger charge is 2.36. The fourth-order valence-electron chi connectivity index (χ4n) is 3.71. The van der Waals surface area contributed by atoms with Gasteiger partial charge in [-0.05, 0) is 50.7 Å². The molecule has 1 aromatic carbocycles. The van der Waals surface area contributed by atoms with E-state index in [-0.39, 0.29) is 5.41 Å². The van der Waals surface area contributed by atoms with Crippen molar-refractivity contribution in [2.45, 2.75) is 45.4 Å². The molecule has 0 saturated heterocycles. The molecule has 1 aliphatic heterocycles. The minimum absolute atomic E-state index is 0.0394. The second kappa shape index (κ2) is 7.61. The van der Waals surface area contributed by atoms with E-state index in [0.29, 0.717) is 0 Å². The van der Waals surface area contributed by atoms with E-state index in [2.05, 4.69) is 74.2 Å². The molecule has 1 unspecified atom stereocenters. The number of fused-ring (bicyclic) bond motifs is 1. The quantitative estimate of drug-likeness (QED) is 0.580. The molecule has 1 atom stereocenters. The maximum atomic E-state index is 4.97. The minimum Gasteiger partial charge on any atom is -0.261 e. The number of hydrogen-bond donors (Lipinski definition) is 0. The molecule has 1 aromatic rings. The lowest BCUT2D eigenvalue weighted by molar-refractivity contribution is 0.456. The van der Waals surface area contributed by atoms with Gasteiger partial charge in [-0.15, -0.1) is 6.58 Å². The van der Waals surface area contributed by atoms with Crippen LogP contribution < -0.4 is 0 Å². The number of rotatable bonds is 5. The van der Waals surface area contributed by atoms with Gasteiger partial charge in [0.2, 0.25) is 0 Å². The average molecular weight is 317 g/mol. The smallest absolute Gasteiger partial charge is 0.0506 e. The van der Waals surface area contributed by atoms with Crippen LogP contribution in [-0.4, -0.2) is 5.71 Å². The zero-order valence-corrected chi connectivity index (χ0v) is 14.7. The highest BCUT2D eigenvalue weighted by molar-refractivity contribution is 5.89. The van der Waals surface area contributed by atoms with E-state index in [0.717, 1.165) is 32.1 Å². The highest BCUT2D eigenvalue weighted by Crippen LogP contribution is 2.44. The van der Waals surface area contributed by atoms with Crippen molar-refractivity contribution >= 4 is 5.71 Å². The first kappa shape index (κ1) is 16.7. The molecule has 0 amide bonds. The Kier molecular flexibility index (Phi) is 5.30. The first-order chi connectivity index (χ1) is 11.7. The van der Waals surface area contributed by atoms with Crippen LogP contribution in [0.1, 0.15) is 43.2 Å². The molecule has 0 fully saturated rings. The van der Waals surface area contributed by atoms with E-state index in [9.17, 15) is 0 Å². The summed E-state index contributed by atoms with van der Waals surface area (Å²) in [5.41, 5.74) is 5.35. The second-order valence-electron chi connectivity index (χ2n) is 6.96. The Bertz CT molecular complexity index is 717. The number of hydrogen-bond acceptors (Lipinski definition) is 1. The molecule has 1 nitrogen and oxygen atoms in total. The summed E-state index contributed by atoms with van der Waals surface area (Å²) in [5, 5.41) is 0. The predicted octanol–water partition coefficient (Wildman–Crippen LogP) is 6.12. The number of aliphatic imine (C=N–C) groups is 1. The van der Waals surface area contributed by atoms with Gasteiger partial charge in [-0.1, -0.05) is 60.2 Å². The van der Waals surface area contributed by atoms with E-state index in [1.54, 1.807) is 0 Å². The SMILES string of the molecule is C=CC12CC\C=C/C=C\C=C\1N=C(CCCc1cccc(C)c1)C2. The lowest BCUT2D eigenvalue weighted by Crippen LogP contribution is -2.17. The Morgan fingerprint density at radius 1 is 1.21 bits per heavy atom. The Balaban J connectivity index is 1.66. The summed E-state index contributed by atoms with van der Waals surface area (Å²) in [6.45, 7) is 6.29. The third-order valence-electron chi connectivity index (χ3n) is 5.08. The first-order valence-electron chi connectivity index (χ1n) is 9.01. The van der Waals surface area contributed by atoms with E-state index in [4.69, 9.17) is 4.99 Å². The van der Waals surface area contributed by atoms with Gasteiger partial charge in [0.05, 0.1) is 5.70 Å². The molecule has 0 saturated carbocycles. The first-order valence-corrected chi connectivity index (χ1v) is 9.01. The van der Waals surface area contributed by atoms with Gasteiger partial charge in [0.15, 0.2) is 0 Å². The van der Waals surface area contributed by atoms with Crippen molar-refractivity contribution in [1.82, 2.24) is 0 Å². The van der Waals surface area contributed by atoms with Crippen molar-refractivity contribution in [3.63, 3.8) is 0 Å². The summed E-state index contributed by atoms with van der Waals surface area (Å²) in [6, 6.07) is 8.83. The third kappa shape index (κ3) is 3.84. The molecule has 3 rings (SSSR count). The normalized spacial score (nSPS) is 27.7. The maximum absolute atomic E-state index is 4.97. The van der Waals surface area contributed by atoms with Crippen molar-refractivity contribution in [2.75, 3.05) is 0 Å². The zero-order chi connectivity index (χ0) is 16.8. The highest BCUT2D eigenvalue weighted by atomic mass is 14.8. The van der Waals surface area contributed by atoms with Crippen LogP contribution in [0.15, 0.2) is 78.0 Å². The van der Waals surface area contributed by atoms with Gasteiger partial charge in [-0.2, -0.15) is 0 Å². The monoisotopic (exact) mass is 317 g/mol. The van der Waals surface area contributed by atoms with Crippen LogP contribution >= 0.6 is 0 Å². The largest absolute Gasteiger partial charge is 0.261 e. The summed E-state index contributed by atoms with van der Waals surface area (Å²) in [6.07, 6.45) is 19.5. The molecular formula is C23H27N. The van der Waals surface area contributed by atoms with E-state index in [1.807, 2.05) is 0 Å². The molecule has 0 N–H and O–H groups in total. The topological polar surface area (TPSA) is 12.4 Å². The molecule has 0 bridgehead atoms. The fourth-order valence-corrected chi connectivity index (χ4v) is 3.71. The maximum Gasteiger partial charge on any atom is 0.0506 e. The van der Waals surface area contributed by atoms with Crippen molar-refractivity contribution < 1.29 is 0 Å². The van der Waals surface area contributed by atoms with Crippen LogP contribution in [0.4, 0.5) is 0 Å². The number of allylic oxidation sites excluding steroid dienone is 6. The van der Waals surface area contributed by atoms with Crippen molar-refractivity contribution in [2.24, 2.45) is 10.4 Å². The Labute approximate surface area is 146 Å². The van der Waals surface area contributed by atoms with Gasteiger partial charge in [-0.25, -0.2) is 0 Å². The van der Waals surface area contributed by atoms with Crippen LogP contribution in [0.2, 0.25) is 0 Å². The predicted molar refractivity (Wildman–Crippen MR) is 104 cm³/mol. The van der Waals surface area contributed by atoms with Crippen molar-refractivity contribution in [1.29, 1.82) is 0 Å². The molecule has 0 spiro atoms. The number of nitrogens with zero attached hydrogens (tertiary/aromatic N) is 1. The van der Waals surface area contributed by atoms with Gasteiger partial charge in [0, 0.05) is 17.5 Å². The van der Waals surface area contributed by atoms with E-state index in [1.165, 1.54) is 29.0 Å². The molecule has 0 radical (unpaired) electrons. The van der Waals surface area contributed by atoms with E-state index >= 15 is 0 Å². The lowest BCUT2D eigenvalue weighted by atomic mass is 9.77. The zero-order valence-electron chi connectivity index (χ0n) is 14.7. The Morgan fingerprint density at radius 2 is 2.12 bits per heavy atom. The average Bonchev–Trinajstić information content (AvgIpc) is 2.95. The lowest BCUT2D eigenvalue weighted by Gasteiger charge is -2.25. The van der Waals surface area contributed by atoms with Crippen molar-refractivity contribution in [3.8, 4) is 0 Å². The van der Waals surface area contributed by atoms with Crippen LogP contribution in [0.5, 0.6) is 0 Å². The molecule has 24 heavy (non-hydrogen) atoms. The summed E-state index contributed by atoms with van der Waals surface area (Å²) < 4.78 is 0. The molecule has 1 heterocycles. The van der Waals surface area contributed by atoms with Crippen molar-refractivity contribution in [3.05, 3.63) is 84.1 Å². The van der Waals surface area contributed by atoms with Gasteiger partial charge in [0.25, 0.3) is 0 Å². The Morgan fingerprint density at radius 3 is 2.96 bits per heavy atom. The summed E-state index contributed by atoms with van der Waals surface area (Å²) >= 11 is 0. The van der Waals surface area contributed by atoms with Crippen LogP contribution in [0.3, 0.4) is 0 Å². The standard InChI is InChI=1S/C23H27N/c1-3-23-16-8-6-4-5-7-15-22(23)24-21(18-23)14-10-13-20-12-9-11-19(2)17-20/h3-7,9,11-12,15,17H,1,8,10,13-14,16,18H2,2H3/b6-4-,7-5-,22-15-. The summed E-state index contributed by atoms with van der Waals surface area (Å²) in [5.74, 6) is 0. The molecule has 2 aliphatic rings. The number of aryl methyl sites for hydroxylation is 2. The second-order valence-corrected chi connectivity index (χ2v) is 6.96. The van der Waals surface area contributed by atoms with E-state index < -0.39 is 0 Å². The fraction of sp³-hybridized carbons (Fsp3) is 0.348.